The van der Waals surface area contributed by atoms with E-state index in [0.29, 0.717) is 0 Å². The van der Waals surface area contributed by atoms with Gasteiger partial charge in [0.15, 0.2) is 0 Å². The zero-order chi connectivity index (χ0) is 13.9. The molecule has 0 aliphatic carbocycles. The molecular formula is C16H19N3O. The average molecular weight is 269 g/mol. The number of nitriles is 1. The van der Waals surface area contributed by atoms with Gasteiger partial charge in [0, 0.05) is 31.3 Å². The standard InChI is InChI=1S/C16H19N3O/c1-18-7-8-20-15-9-14(10-17)12-19(16(15)18)11-13-5-3-2-4-6-13/h2-6,12,15-16H,7-9,11H2,1H3/t15-,16+/m1/s1. The predicted octanol–water partition coefficient (Wildman–Crippen LogP) is 1.96. The highest BCUT2D eigenvalue weighted by molar-refractivity contribution is 5.26. The van der Waals surface area contributed by atoms with E-state index in [9.17, 15) is 5.26 Å². The monoisotopic (exact) mass is 269 g/mol. The maximum atomic E-state index is 9.22. The molecule has 104 valence electrons. The molecule has 2 heterocycles. The number of morpholine rings is 1. The van der Waals surface area contributed by atoms with Gasteiger partial charge >= 0.3 is 0 Å². The first-order chi connectivity index (χ1) is 9.78. The smallest absolute Gasteiger partial charge is 0.109 e. The van der Waals surface area contributed by atoms with Crippen molar-refractivity contribution in [1.82, 2.24) is 9.80 Å². The summed E-state index contributed by atoms with van der Waals surface area (Å²) < 4.78 is 5.88. The van der Waals surface area contributed by atoms with Crippen LogP contribution in [0.5, 0.6) is 0 Å². The SMILES string of the molecule is CN1CCO[C@@H]2CC(C#N)=CN(Cc3ccccc3)[C@@H]21. The van der Waals surface area contributed by atoms with Crippen molar-refractivity contribution in [3.05, 3.63) is 47.7 Å². The summed E-state index contributed by atoms with van der Waals surface area (Å²) in [5, 5.41) is 9.22. The molecule has 1 aromatic carbocycles. The molecule has 2 atom stereocenters. The van der Waals surface area contributed by atoms with Crippen molar-refractivity contribution in [3.63, 3.8) is 0 Å². The summed E-state index contributed by atoms with van der Waals surface area (Å²) >= 11 is 0. The third-order valence-corrected chi connectivity index (χ3v) is 3.99. The second-order valence-corrected chi connectivity index (χ2v) is 5.43. The molecule has 0 spiro atoms. The lowest BCUT2D eigenvalue weighted by atomic mass is 10.00. The second kappa shape index (κ2) is 5.66. The van der Waals surface area contributed by atoms with Gasteiger partial charge in [0.2, 0.25) is 0 Å². The summed E-state index contributed by atoms with van der Waals surface area (Å²) in [5.74, 6) is 0. The zero-order valence-corrected chi connectivity index (χ0v) is 11.7. The molecule has 1 aromatic rings. The molecule has 0 unspecified atom stereocenters. The van der Waals surface area contributed by atoms with Crippen LogP contribution >= 0.6 is 0 Å². The lowest BCUT2D eigenvalue weighted by Gasteiger charge is -2.47. The van der Waals surface area contributed by atoms with Gasteiger partial charge in [-0.3, -0.25) is 4.90 Å². The Morgan fingerprint density at radius 3 is 2.90 bits per heavy atom. The Hall–Kier alpha value is -1.83. The molecule has 0 amide bonds. The van der Waals surface area contributed by atoms with Crippen LogP contribution in [0.3, 0.4) is 0 Å². The van der Waals surface area contributed by atoms with E-state index >= 15 is 0 Å². The van der Waals surface area contributed by atoms with Gasteiger partial charge < -0.3 is 9.64 Å². The van der Waals surface area contributed by atoms with Crippen LogP contribution < -0.4 is 0 Å². The molecule has 20 heavy (non-hydrogen) atoms. The van der Waals surface area contributed by atoms with Crippen molar-refractivity contribution in [1.29, 1.82) is 5.26 Å². The quantitative estimate of drug-likeness (QED) is 0.823. The summed E-state index contributed by atoms with van der Waals surface area (Å²) in [6.45, 7) is 2.48. The Bertz CT molecular complexity index is 534. The number of hydrogen-bond acceptors (Lipinski definition) is 4. The number of likely N-dealkylation sites (N-methyl/N-ethyl adjacent to an activating group) is 1. The van der Waals surface area contributed by atoms with E-state index in [1.165, 1.54) is 5.56 Å². The molecule has 3 rings (SSSR count). The molecule has 0 saturated carbocycles. The van der Waals surface area contributed by atoms with Crippen LogP contribution in [0.2, 0.25) is 0 Å². The number of fused-ring (bicyclic) bond motifs is 1. The Morgan fingerprint density at radius 1 is 1.35 bits per heavy atom. The molecule has 1 saturated heterocycles. The van der Waals surface area contributed by atoms with Crippen LogP contribution in [0.4, 0.5) is 0 Å². The fourth-order valence-corrected chi connectivity index (χ4v) is 3.04. The summed E-state index contributed by atoms with van der Waals surface area (Å²) in [5.41, 5.74) is 2.05. The maximum absolute atomic E-state index is 9.22. The lowest BCUT2D eigenvalue weighted by Crippen LogP contribution is -2.58. The highest BCUT2D eigenvalue weighted by Gasteiger charge is 2.37. The first-order valence-corrected chi connectivity index (χ1v) is 7.00. The molecule has 2 aliphatic heterocycles. The predicted molar refractivity (Wildman–Crippen MR) is 76.5 cm³/mol. The van der Waals surface area contributed by atoms with E-state index < -0.39 is 0 Å². The van der Waals surface area contributed by atoms with Gasteiger partial charge in [-0.1, -0.05) is 30.3 Å². The van der Waals surface area contributed by atoms with Crippen LogP contribution in [0.1, 0.15) is 12.0 Å². The Balaban J connectivity index is 1.87. The molecule has 0 aromatic heterocycles. The molecule has 4 heteroatoms. The molecule has 4 nitrogen and oxygen atoms in total. The minimum atomic E-state index is 0.0945. The van der Waals surface area contributed by atoms with Crippen LogP contribution in [0.15, 0.2) is 42.1 Å². The van der Waals surface area contributed by atoms with Crippen molar-refractivity contribution in [2.75, 3.05) is 20.2 Å². The Labute approximate surface area is 119 Å². The third kappa shape index (κ3) is 2.55. The average Bonchev–Trinajstić information content (AvgIpc) is 2.48. The van der Waals surface area contributed by atoms with Crippen LogP contribution in [-0.2, 0) is 11.3 Å². The minimum absolute atomic E-state index is 0.0945. The number of ether oxygens (including phenoxy) is 1. The van der Waals surface area contributed by atoms with Crippen LogP contribution in [-0.4, -0.2) is 42.3 Å². The topological polar surface area (TPSA) is 39.5 Å². The molecule has 0 N–H and O–H groups in total. The zero-order valence-electron chi connectivity index (χ0n) is 11.7. The van der Waals surface area contributed by atoms with Crippen molar-refractivity contribution in [2.24, 2.45) is 0 Å². The van der Waals surface area contributed by atoms with Gasteiger partial charge in [-0.05, 0) is 12.6 Å². The van der Waals surface area contributed by atoms with E-state index in [1.54, 1.807) is 0 Å². The largest absolute Gasteiger partial charge is 0.373 e. The van der Waals surface area contributed by atoms with Gasteiger partial charge in [0.1, 0.15) is 6.17 Å². The van der Waals surface area contributed by atoms with E-state index in [0.717, 1.165) is 31.7 Å². The van der Waals surface area contributed by atoms with Crippen molar-refractivity contribution in [2.45, 2.75) is 25.2 Å². The van der Waals surface area contributed by atoms with Gasteiger partial charge in [-0.25, -0.2) is 0 Å². The van der Waals surface area contributed by atoms with Crippen LogP contribution in [0.25, 0.3) is 0 Å². The van der Waals surface area contributed by atoms with Gasteiger partial charge in [0.05, 0.1) is 18.8 Å². The van der Waals surface area contributed by atoms with Crippen molar-refractivity contribution < 1.29 is 4.74 Å². The lowest BCUT2D eigenvalue weighted by molar-refractivity contribution is -0.114. The number of rotatable bonds is 2. The number of nitrogens with zero attached hydrogens (tertiary/aromatic N) is 3. The fourth-order valence-electron chi connectivity index (χ4n) is 3.04. The van der Waals surface area contributed by atoms with E-state index in [-0.39, 0.29) is 12.3 Å². The second-order valence-electron chi connectivity index (χ2n) is 5.43. The number of hydrogen-bond donors (Lipinski definition) is 0. The highest BCUT2D eigenvalue weighted by Crippen LogP contribution is 2.29. The first kappa shape index (κ1) is 13.2. The summed E-state index contributed by atoms with van der Waals surface area (Å²) in [4.78, 5) is 4.56. The summed E-state index contributed by atoms with van der Waals surface area (Å²) in [6.07, 6.45) is 3.04. The highest BCUT2D eigenvalue weighted by atomic mass is 16.5. The van der Waals surface area contributed by atoms with Crippen molar-refractivity contribution in [3.8, 4) is 6.07 Å². The van der Waals surface area contributed by atoms with E-state index in [1.807, 2.05) is 24.4 Å². The third-order valence-electron chi connectivity index (χ3n) is 3.99. The van der Waals surface area contributed by atoms with Crippen molar-refractivity contribution >= 4 is 0 Å². The molecule has 1 fully saturated rings. The Morgan fingerprint density at radius 2 is 2.15 bits per heavy atom. The molecular weight excluding hydrogens is 250 g/mol. The van der Waals surface area contributed by atoms with Crippen LogP contribution in [0, 0.1) is 11.3 Å². The molecule has 0 radical (unpaired) electrons. The maximum Gasteiger partial charge on any atom is 0.109 e. The van der Waals surface area contributed by atoms with Gasteiger partial charge in [0.25, 0.3) is 0 Å². The van der Waals surface area contributed by atoms with E-state index in [4.69, 9.17) is 4.74 Å². The summed E-state index contributed by atoms with van der Waals surface area (Å²) in [6, 6.07) is 12.6. The van der Waals surface area contributed by atoms with Gasteiger partial charge in [-0.2, -0.15) is 5.26 Å². The molecule has 0 bridgehead atoms. The summed E-state index contributed by atoms with van der Waals surface area (Å²) in [7, 11) is 2.13. The first-order valence-electron chi connectivity index (χ1n) is 7.00. The van der Waals surface area contributed by atoms with E-state index in [2.05, 4.69) is 35.0 Å². The number of benzene rings is 1. The van der Waals surface area contributed by atoms with Gasteiger partial charge in [-0.15, -0.1) is 0 Å². The Kier molecular flexibility index (Phi) is 3.72. The fraction of sp³-hybridized carbons (Fsp3) is 0.438. The minimum Gasteiger partial charge on any atom is -0.373 e. The molecule has 2 aliphatic rings. The normalized spacial score (nSPS) is 26.6.